The summed E-state index contributed by atoms with van der Waals surface area (Å²) in [5.74, 6) is 1.37. The molecule has 0 aromatic heterocycles. The van der Waals surface area contributed by atoms with Crippen LogP contribution in [0.1, 0.15) is 32.4 Å². The summed E-state index contributed by atoms with van der Waals surface area (Å²) in [5.41, 5.74) is 0.992. The van der Waals surface area contributed by atoms with Crippen molar-refractivity contribution in [3.05, 3.63) is 29.8 Å². The number of rotatable bonds is 6. The third-order valence-corrected chi connectivity index (χ3v) is 2.70. The van der Waals surface area contributed by atoms with E-state index in [0.717, 1.165) is 17.9 Å². The first-order valence-electron chi connectivity index (χ1n) is 6.41. The van der Waals surface area contributed by atoms with Crippen molar-refractivity contribution in [2.45, 2.75) is 26.8 Å². The Bertz CT molecular complexity index is 409. The predicted octanol–water partition coefficient (Wildman–Crippen LogP) is 3.24. The lowest BCUT2D eigenvalue weighted by atomic mass is 10.1. The Morgan fingerprint density at radius 3 is 2.67 bits per heavy atom. The van der Waals surface area contributed by atoms with Gasteiger partial charge < -0.3 is 4.74 Å². The topological polar surface area (TPSA) is 36.3 Å². The highest BCUT2D eigenvalue weighted by molar-refractivity contribution is 5.33. The van der Waals surface area contributed by atoms with Crippen LogP contribution in [0.15, 0.2) is 24.3 Å². The molecular weight excluding hydrogens is 224 g/mol. The van der Waals surface area contributed by atoms with Crippen LogP contribution in [0.2, 0.25) is 0 Å². The Hall–Kier alpha value is -1.53. The van der Waals surface area contributed by atoms with Crippen LogP contribution in [0, 0.1) is 17.2 Å². The molecule has 3 heteroatoms. The van der Waals surface area contributed by atoms with Crippen molar-refractivity contribution >= 4 is 0 Å². The summed E-state index contributed by atoms with van der Waals surface area (Å²) < 4.78 is 5.47. The first-order chi connectivity index (χ1) is 8.58. The Balaban J connectivity index is 2.88. The minimum Gasteiger partial charge on any atom is -0.494 e. The van der Waals surface area contributed by atoms with Gasteiger partial charge in [-0.25, -0.2) is 0 Å². The van der Waals surface area contributed by atoms with Gasteiger partial charge in [0.1, 0.15) is 11.8 Å². The van der Waals surface area contributed by atoms with E-state index < -0.39 is 0 Å². The van der Waals surface area contributed by atoms with Gasteiger partial charge in [0.05, 0.1) is 12.7 Å². The summed E-state index contributed by atoms with van der Waals surface area (Å²) in [6.07, 6.45) is 0. The van der Waals surface area contributed by atoms with Crippen LogP contribution in [0.3, 0.4) is 0 Å². The van der Waals surface area contributed by atoms with E-state index in [1.165, 1.54) is 0 Å². The third kappa shape index (κ3) is 4.05. The number of hydrogen-bond donors (Lipinski definition) is 0. The van der Waals surface area contributed by atoms with Crippen LogP contribution in [-0.2, 0) is 0 Å². The lowest BCUT2D eigenvalue weighted by Gasteiger charge is -2.24. The molecule has 1 aromatic rings. The zero-order chi connectivity index (χ0) is 13.5. The second-order valence-corrected chi connectivity index (χ2v) is 4.87. The number of nitriles is 1. The zero-order valence-corrected chi connectivity index (χ0v) is 11.7. The summed E-state index contributed by atoms with van der Waals surface area (Å²) in [4.78, 5) is 2.08. The largest absolute Gasteiger partial charge is 0.494 e. The molecule has 3 nitrogen and oxygen atoms in total. The molecule has 0 heterocycles. The first-order valence-corrected chi connectivity index (χ1v) is 6.41. The third-order valence-electron chi connectivity index (χ3n) is 2.70. The highest BCUT2D eigenvalue weighted by Gasteiger charge is 2.17. The van der Waals surface area contributed by atoms with Gasteiger partial charge in [-0.3, -0.25) is 4.90 Å². The number of nitrogens with zero attached hydrogens (tertiary/aromatic N) is 2. The van der Waals surface area contributed by atoms with Gasteiger partial charge >= 0.3 is 0 Å². The second kappa shape index (κ2) is 7.03. The van der Waals surface area contributed by atoms with Crippen molar-refractivity contribution in [2.24, 2.45) is 5.92 Å². The van der Waals surface area contributed by atoms with Gasteiger partial charge in [-0.15, -0.1) is 0 Å². The maximum Gasteiger partial charge on any atom is 0.123 e. The fourth-order valence-electron chi connectivity index (χ4n) is 2.05. The Labute approximate surface area is 110 Å². The van der Waals surface area contributed by atoms with Gasteiger partial charge in [-0.2, -0.15) is 5.26 Å². The number of hydrogen-bond acceptors (Lipinski definition) is 3. The Morgan fingerprint density at radius 1 is 1.39 bits per heavy atom. The molecule has 0 aliphatic carbocycles. The van der Waals surface area contributed by atoms with Crippen molar-refractivity contribution in [2.75, 3.05) is 20.2 Å². The molecule has 98 valence electrons. The maximum atomic E-state index is 9.35. The molecule has 1 rings (SSSR count). The van der Waals surface area contributed by atoms with Crippen molar-refractivity contribution in [1.29, 1.82) is 5.26 Å². The van der Waals surface area contributed by atoms with E-state index in [2.05, 4.69) is 24.8 Å². The molecular formula is C15H22N2O. The highest BCUT2D eigenvalue weighted by atomic mass is 16.5. The molecule has 0 bridgehead atoms. The molecule has 0 amide bonds. The zero-order valence-electron chi connectivity index (χ0n) is 11.7. The standard InChI is InChI=1S/C15H22N2O/c1-5-18-14-8-6-7-13(9-14)15(10-16)17(4)11-12(2)3/h6-9,12,15H,5,11H2,1-4H3. The highest BCUT2D eigenvalue weighted by Crippen LogP contribution is 2.23. The molecule has 0 spiro atoms. The summed E-state index contributed by atoms with van der Waals surface area (Å²) in [6, 6.07) is 9.94. The van der Waals surface area contributed by atoms with E-state index in [-0.39, 0.29) is 6.04 Å². The van der Waals surface area contributed by atoms with E-state index in [0.29, 0.717) is 12.5 Å². The SMILES string of the molecule is CCOc1cccc(C(C#N)N(C)CC(C)C)c1. The average Bonchev–Trinajstić information content (AvgIpc) is 2.30. The van der Waals surface area contributed by atoms with Crippen LogP contribution in [0.5, 0.6) is 5.75 Å². The lowest BCUT2D eigenvalue weighted by Crippen LogP contribution is -2.27. The molecule has 0 N–H and O–H groups in total. The summed E-state index contributed by atoms with van der Waals surface area (Å²) in [5, 5.41) is 9.35. The summed E-state index contributed by atoms with van der Waals surface area (Å²) >= 11 is 0. The summed E-state index contributed by atoms with van der Waals surface area (Å²) in [7, 11) is 1.99. The summed E-state index contributed by atoms with van der Waals surface area (Å²) in [6.45, 7) is 7.81. The molecule has 0 saturated heterocycles. The van der Waals surface area contributed by atoms with Crippen LogP contribution < -0.4 is 4.74 Å². The van der Waals surface area contributed by atoms with Crippen molar-refractivity contribution in [3.8, 4) is 11.8 Å². The van der Waals surface area contributed by atoms with Gasteiger partial charge in [0.15, 0.2) is 0 Å². The molecule has 0 radical (unpaired) electrons. The Kier molecular flexibility index (Phi) is 5.67. The average molecular weight is 246 g/mol. The minimum atomic E-state index is -0.215. The van der Waals surface area contributed by atoms with Crippen LogP contribution in [0.4, 0.5) is 0 Å². The van der Waals surface area contributed by atoms with Crippen LogP contribution in [-0.4, -0.2) is 25.1 Å². The molecule has 1 atom stereocenters. The van der Waals surface area contributed by atoms with Crippen LogP contribution in [0.25, 0.3) is 0 Å². The predicted molar refractivity (Wildman–Crippen MR) is 73.4 cm³/mol. The monoisotopic (exact) mass is 246 g/mol. The van der Waals surface area contributed by atoms with Gasteiger partial charge in [0, 0.05) is 6.54 Å². The normalized spacial score (nSPS) is 12.5. The molecule has 0 aliphatic heterocycles. The molecule has 0 saturated carbocycles. The Morgan fingerprint density at radius 2 is 2.11 bits per heavy atom. The van der Waals surface area contributed by atoms with Gasteiger partial charge in [-0.05, 0) is 37.6 Å². The van der Waals surface area contributed by atoms with Gasteiger partial charge in [0.25, 0.3) is 0 Å². The van der Waals surface area contributed by atoms with Crippen molar-refractivity contribution < 1.29 is 4.74 Å². The molecule has 0 fully saturated rings. The van der Waals surface area contributed by atoms with Gasteiger partial charge in [-0.1, -0.05) is 26.0 Å². The van der Waals surface area contributed by atoms with E-state index in [4.69, 9.17) is 4.74 Å². The van der Waals surface area contributed by atoms with E-state index in [9.17, 15) is 5.26 Å². The smallest absolute Gasteiger partial charge is 0.123 e. The van der Waals surface area contributed by atoms with E-state index in [1.54, 1.807) is 0 Å². The fraction of sp³-hybridized carbons (Fsp3) is 0.533. The fourth-order valence-corrected chi connectivity index (χ4v) is 2.05. The molecule has 1 unspecified atom stereocenters. The maximum absolute atomic E-state index is 9.35. The molecule has 18 heavy (non-hydrogen) atoms. The quantitative estimate of drug-likeness (QED) is 0.773. The molecule has 1 aromatic carbocycles. The van der Waals surface area contributed by atoms with Crippen molar-refractivity contribution in [1.82, 2.24) is 4.90 Å². The van der Waals surface area contributed by atoms with E-state index in [1.807, 2.05) is 38.2 Å². The van der Waals surface area contributed by atoms with E-state index >= 15 is 0 Å². The second-order valence-electron chi connectivity index (χ2n) is 4.87. The molecule has 0 aliphatic rings. The number of benzene rings is 1. The minimum absolute atomic E-state index is 0.215. The lowest BCUT2D eigenvalue weighted by molar-refractivity contribution is 0.258. The van der Waals surface area contributed by atoms with Gasteiger partial charge in [0.2, 0.25) is 0 Å². The van der Waals surface area contributed by atoms with Crippen LogP contribution >= 0.6 is 0 Å². The first kappa shape index (κ1) is 14.5. The number of ether oxygens (including phenoxy) is 1. The van der Waals surface area contributed by atoms with Crippen molar-refractivity contribution in [3.63, 3.8) is 0 Å².